The van der Waals surface area contributed by atoms with Gasteiger partial charge in [0.2, 0.25) is 5.91 Å². The number of rotatable bonds is 5. The van der Waals surface area contributed by atoms with Gasteiger partial charge < -0.3 is 15.8 Å². The van der Waals surface area contributed by atoms with E-state index >= 15 is 0 Å². The third-order valence-corrected chi connectivity index (χ3v) is 5.48. The zero-order valence-electron chi connectivity index (χ0n) is 15.6. The summed E-state index contributed by atoms with van der Waals surface area (Å²) in [4.78, 5) is 12.9. The summed E-state index contributed by atoms with van der Waals surface area (Å²) >= 11 is 6.45. The van der Waals surface area contributed by atoms with E-state index in [1.165, 1.54) is 0 Å². The van der Waals surface area contributed by atoms with Crippen LogP contribution in [0.1, 0.15) is 42.0 Å². The maximum absolute atomic E-state index is 12.9. The summed E-state index contributed by atoms with van der Waals surface area (Å²) in [5.74, 6) is 0.795. The number of hydrogen-bond acceptors (Lipinski definition) is 3. The lowest BCUT2D eigenvalue weighted by molar-refractivity contribution is -0.125. The highest BCUT2D eigenvalue weighted by Gasteiger charge is 2.30. The monoisotopic (exact) mass is 408 g/mol. The van der Waals surface area contributed by atoms with Crippen LogP contribution in [0.15, 0.2) is 42.5 Å². The first-order valence-electron chi connectivity index (χ1n) is 8.94. The molecule has 2 aromatic carbocycles. The molecule has 0 spiro atoms. The number of aryl methyl sites for hydroxylation is 1. The van der Waals surface area contributed by atoms with Crippen LogP contribution in [-0.4, -0.2) is 19.1 Å². The van der Waals surface area contributed by atoms with Crippen LogP contribution in [0, 0.1) is 12.8 Å². The number of nitrogens with two attached hydrogens (primary N) is 1. The summed E-state index contributed by atoms with van der Waals surface area (Å²) < 4.78 is 5.31. The number of nitrogens with one attached hydrogen (secondary N) is 1. The number of amides is 1. The van der Waals surface area contributed by atoms with Crippen LogP contribution in [0.4, 0.5) is 0 Å². The summed E-state index contributed by atoms with van der Waals surface area (Å²) in [6.07, 6.45) is 2.48. The SMILES string of the molecule is COc1ccc(C(NC(=O)C2CCC(N)C2)c2ccccc2Cl)c(C)c1.Cl. The van der Waals surface area contributed by atoms with E-state index in [1.54, 1.807) is 7.11 Å². The van der Waals surface area contributed by atoms with Crippen molar-refractivity contribution < 1.29 is 9.53 Å². The second-order valence-electron chi connectivity index (χ2n) is 6.96. The zero-order valence-corrected chi connectivity index (χ0v) is 17.1. The molecule has 3 N–H and O–H groups in total. The van der Waals surface area contributed by atoms with E-state index in [-0.39, 0.29) is 36.3 Å². The van der Waals surface area contributed by atoms with Crippen molar-refractivity contribution in [2.75, 3.05) is 7.11 Å². The van der Waals surface area contributed by atoms with Gasteiger partial charge in [0.1, 0.15) is 5.75 Å². The van der Waals surface area contributed by atoms with Crippen molar-refractivity contribution in [3.63, 3.8) is 0 Å². The van der Waals surface area contributed by atoms with Crippen molar-refractivity contribution in [2.24, 2.45) is 11.7 Å². The van der Waals surface area contributed by atoms with Crippen molar-refractivity contribution in [1.29, 1.82) is 0 Å². The smallest absolute Gasteiger partial charge is 0.223 e. The number of halogens is 2. The van der Waals surface area contributed by atoms with Gasteiger partial charge in [-0.1, -0.05) is 35.9 Å². The van der Waals surface area contributed by atoms with Gasteiger partial charge in [0.15, 0.2) is 0 Å². The highest BCUT2D eigenvalue weighted by atomic mass is 35.5. The quantitative estimate of drug-likeness (QED) is 0.769. The molecule has 0 aromatic heterocycles. The molecule has 27 heavy (non-hydrogen) atoms. The minimum absolute atomic E-state index is 0. The largest absolute Gasteiger partial charge is 0.497 e. The average Bonchev–Trinajstić information content (AvgIpc) is 3.07. The Morgan fingerprint density at radius 2 is 1.96 bits per heavy atom. The Morgan fingerprint density at radius 3 is 2.56 bits per heavy atom. The molecule has 3 rings (SSSR count). The molecule has 0 aliphatic heterocycles. The Morgan fingerprint density at radius 1 is 1.22 bits per heavy atom. The van der Waals surface area contributed by atoms with Crippen molar-refractivity contribution in [2.45, 2.75) is 38.3 Å². The van der Waals surface area contributed by atoms with Crippen LogP contribution in [0.5, 0.6) is 5.75 Å². The van der Waals surface area contributed by atoms with Gasteiger partial charge in [-0.15, -0.1) is 12.4 Å². The molecule has 1 saturated carbocycles. The molecule has 3 atom stereocenters. The maximum Gasteiger partial charge on any atom is 0.223 e. The molecule has 3 unspecified atom stereocenters. The lowest BCUT2D eigenvalue weighted by Crippen LogP contribution is -2.34. The fraction of sp³-hybridized carbons (Fsp3) is 0.381. The van der Waals surface area contributed by atoms with Crippen molar-refractivity contribution >= 4 is 29.9 Å². The predicted molar refractivity (Wildman–Crippen MR) is 112 cm³/mol. The van der Waals surface area contributed by atoms with E-state index in [4.69, 9.17) is 22.1 Å². The Hall–Kier alpha value is -1.75. The molecule has 1 amide bonds. The molecule has 146 valence electrons. The van der Waals surface area contributed by atoms with Gasteiger partial charge in [0.05, 0.1) is 13.2 Å². The van der Waals surface area contributed by atoms with Crippen LogP contribution in [-0.2, 0) is 4.79 Å². The third kappa shape index (κ3) is 4.95. The number of benzene rings is 2. The number of ether oxygens (including phenoxy) is 1. The van der Waals surface area contributed by atoms with Gasteiger partial charge in [-0.2, -0.15) is 0 Å². The van der Waals surface area contributed by atoms with E-state index in [2.05, 4.69) is 5.32 Å². The second-order valence-corrected chi connectivity index (χ2v) is 7.36. The molecule has 4 nitrogen and oxygen atoms in total. The lowest BCUT2D eigenvalue weighted by atomic mass is 9.93. The van der Waals surface area contributed by atoms with E-state index < -0.39 is 0 Å². The molecule has 2 aromatic rings. The van der Waals surface area contributed by atoms with Gasteiger partial charge in [-0.3, -0.25) is 4.79 Å². The van der Waals surface area contributed by atoms with Gasteiger partial charge in [-0.25, -0.2) is 0 Å². The summed E-state index contributed by atoms with van der Waals surface area (Å²) in [7, 11) is 1.64. The number of hydrogen-bond donors (Lipinski definition) is 2. The van der Waals surface area contributed by atoms with E-state index in [0.717, 1.165) is 41.7 Å². The van der Waals surface area contributed by atoms with Crippen molar-refractivity contribution in [1.82, 2.24) is 5.32 Å². The van der Waals surface area contributed by atoms with Crippen LogP contribution >= 0.6 is 24.0 Å². The number of carbonyl (C=O) groups excluding carboxylic acids is 1. The molecule has 0 bridgehead atoms. The van der Waals surface area contributed by atoms with E-state index in [1.807, 2.05) is 49.4 Å². The molecule has 1 fully saturated rings. The second kappa shape index (κ2) is 9.45. The van der Waals surface area contributed by atoms with Gasteiger partial charge in [-0.05, 0) is 61.1 Å². The summed E-state index contributed by atoms with van der Waals surface area (Å²) in [5, 5.41) is 3.85. The Balaban J connectivity index is 0.00000261. The molecule has 0 heterocycles. The molecule has 0 saturated heterocycles. The standard InChI is InChI=1S/C21H25ClN2O2.ClH/c1-13-11-16(26-2)9-10-17(13)20(18-5-3-4-6-19(18)22)24-21(25)14-7-8-15(23)12-14;/h3-6,9-11,14-15,20H,7-8,12,23H2,1-2H3,(H,24,25);1H. The minimum Gasteiger partial charge on any atom is -0.497 e. The zero-order chi connectivity index (χ0) is 18.7. The summed E-state index contributed by atoms with van der Waals surface area (Å²) in [5.41, 5.74) is 8.92. The Kier molecular flexibility index (Phi) is 7.54. The third-order valence-electron chi connectivity index (χ3n) is 5.13. The molecular formula is C21H26Cl2N2O2. The van der Waals surface area contributed by atoms with Crippen LogP contribution in [0.2, 0.25) is 5.02 Å². The van der Waals surface area contributed by atoms with Crippen molar-refractivity contribution in [3.8, 4) is 5.75 Å². The van der Waals surface area contributed by atoms with Gasteiger partial charge in [0.25, 0.3) is 0 Å². The predicted octanol–water partition coefficient (Wildman–Crippen LogP) is 4.41. The maximum atomic E-state index is 12.9. The fourth-order valence-electron chi connectivity index (χ4n) is 3.65. The molecule has 6 heteroatoms. The fourth-order valence-corrected chi connectivity index (χ4v) is 3.89. The number of methoxy groups -OCH3 is 1. The Bertz CT molecular complexity index is 798. The first-order valence-corrected chi connectivity index (χ1v) is 9.32. The van der Waals surface area contributed by atoms with E-state index in [0.29, 0.717) is 5.02 Å². The van der Waals surface area contributed by atoms with E-state index in [9.17, 15) is 4.79 Å². The van der Waals surface area contributed by atoms with Crippen LogP contribution < -0.4 is 15.8 Å². The first kappa shape index (κ1) is 21.5. The van der Waals surface area contributed by atoms with Crippen LogP contribution in [0.25, 0.3) is 0 Å². The van der Waals surface area contributed by atoms with Gasteiger partial charge >= 0.3 is 0 Å². The Labute approximate surface area is 171 Å². The summed E-state index contributed by atoms with van der Waals surface area (Å²) in [6.45, 7) is 2.01. The highest BCUT2D eigenvalue weighted by Crippen LogP contribution is 2.33. The number of carbonyl (C=O) groups is 1. The topological polar surface area (TPSA) is 64.3 Å². The minimum atomic E-state index is -0.307. The molecule has 1 aliphatic rings. The summed E-state index contributed by atoms with van der Waals surface area (Å²) in [6, 6.07) is 13.3. The van der Waals surface area contributed by atoms with Gasteiger partial charge in [0, 0.05) is 17.0 Å². The normalized spacial score (nSPS) is 19.9. The molecule has 0 radical (unpaired) electrons. The van der Waals surface area contributed by atoms with Crippen LogP contribution in [0.3, 0.4) is 0 Å². The first-order chi connectivity index (χ1) is 12.5. The average molecular weight is 409 g/mol. The highest BCUT2D eigenvalue weighted by molar-refractivity contribution is 6.31. The van der Waals surface area contributed by atoms with Crippen molar-refractivity contribution in [3.05, 3.63) is 64.2 Å². The molecular weight excluding hydrogens is 383 g/mol. The molecule has 1 aliphatic carbocycles. The lowest BCUT2D eigenvalue weighted by Gasteiger charge is -2.24.